The Morgan fingerprint density at radius 2 is 2.24 bits per heavy atom. The molecule has 1 atom stereocenters. The summed E-state index contributed by atoms with van der Waals surface area (Å²) in [6.07, 6.45) is 9.41. The van der Waals surface area contributed by atoms with Crippen LogP contribution in [0.5, 0.6) is 0 Å². The first-order chi connectivity index (χ1) is 8.24. The molecule has 1 fully saturated rings. The first kappa shape index (κ1) is 14.0. The molecule has 4 nitrogen and oxygen atoms in total. The number of nitrogens with one attached hydrogen (secondary N) is 1. The van der Waals surface area contributed by atoms with Gasteiger partial charge in [-0.15, -0.1) is 6.42 Å². The maximum atomic E-state index is 11.4. The second kappa shape index (κ2) is 8.10. The van der Waals surface area contributed by atoms with Crippen LogP contribution < -0.4 is 5.32 Å². The molecule has 4 heteroatoms. The molecule has 1 aliphatic carbocycles. The first-order valence-corrected chi connectivity index (χ1v) is 6.20. The summed E-state index contributed by atoms with van der Waals surface area (Å²) in [7, 11) is 0. The Balaban J connectivity index is 2.04. The molecule has 1 amide bonds. The van der Waals surface area contributed by atoms with Gasteiger partial charge in [-0.3, -0.25) is 4.79 Å². The van der Waals surface area contributed by atoms with Crippen LogP contribution in [0.25, 0.3) is 0 Å². The van der Waals surface area contributed by atoms with Gasteiger partial charge in [0.15, 0.2) is 0 Å². The largest absolute Gasteiger partial charge is 0.391 e. The number of terminal acetylenes is 1. The minimum absolute atomic E-state index is 0.0981. The van der Waals surface area contributed by atoms with E-state index in [9.17, 15) is 9.90 Å². The van der Waals surface area contributed by atoms with Crippen molar-refractivity contribution in [3.63, 3.8) is 0 Å². The molecule has 0 aliphatic heterocycles. The minimum Gasteiger partial charge on any atom is -0.391 e. The van der Waals surface area contributed by atoms with Crippen LogP contribution in [0, 0.1) is 18.3 Å². The molecule has 1 saturated carbocycles. The van der Waals surface area contributed by atoms with E-state index in [-0.39, 0.29) is 12.5 Å². The Kier molecular flexibility index (Phi) is 6.68. The van der Waals surface area contributed by atoms with Crippen LogP contribution in [0.1, 0.15) is 32.1 Å². The number of aliphatic hydroxyl groups is 1. The molecule has 1 aliphatic rings. The van der Waals surface area contributed by atoms with E-state index in [1.165, 1.54) is 12.8 Å². The number of carbonyl (C=O) groups is 1. The maximum absolute atomic E-state index is 11.4. The highest BCUT2D eigenvalue weighted by atomic mass is 16.5. The highest BCUT2D eigenvalue weighted by Crippen LogP contribution is 2.27. The Morgan fingerprint density at radius 1 is 1.53 bits per heavy atom. The number of ether oxygens (including phenoxy) is 1. The fraction of sp³-hybridized carbons (Fsp3) is 0.769. The van der Waals surface area contributed by atoms with Crippen LogP contribution in [0.3, 0.4) is 0 Å². The third-order valence-electron chi connectivity index (χ3n) is 3.11. The predicted octanol–water partition coefficient (Wildman–Crippen LogP) is 0.694. The van der Waals surface area contributed by atoms with Gasteiger partial charge in [-0.05, 0) is 18.8 Å². The van der Waals surface area contributed by atoms with Gasteiger partial charge in [0.1, 0.15) is 6.61 Å². The highest BCUT2D eigenvalue weighted by Gasteiger charge is 2.23. The lowest BCUT2D eigenvalue weighted by atomic mass is 10.0. The average Bonchev–Trinajstić information content (AvgIpc) is 2.85. The predicted molar refractivity (Wildman–Crippen MR) is 65.2 cm³/mol. The quantitative estimate of drug-likeness (QED) is 0.508. The molecule has 1 rings (SSSR count). The fourth-order valence-electron chi connectivity index (χ4n) is 2.11. The number of rotatable bonds is 7. The second-order valence-corrected chi connectivity index (χ2v) is 4.42. The molecule has 96 valence electrons. The van der Waals surface area contributed by atoms with Gasteiger partial charge in [-0.1, -0.05) is 18.8 Å². The van der Waals surface area contributed by atoms with E-state index in [0.717, 1.165) is 12.8 Å². The summed E-state index contributed by atoms with van der Waals surface area (Å²) in [4.78, 5) is 11.4. The van der Waals surface area contributed by atoms with Crippen molar-refractivity contribution in [2.45, 2.75) is 38.2 Å². The zero-order valence-corrected chi connectivity index (χ0v) is 10.2. The molecule has 0 aromatic heterocycles. The monoisotopic (exact) mass is 239 g/mol. The summed E-state index contributed by atoms with van der Waals surface area (Å²) in [6, 6.07) is 0. The zero-order chi connectivity index (χ0) is 12.5. The van der Waals surface area contributed by atoms with Crippen LogP contribution in [-0.4, -0.2) is 36.9 Å². The number of amides is 1. The summed E-state index contributed by atoms with van der Waals surface area (Å²) in [5.41, 5.74) is 0. The Hall–Kier alpha value is -1.05. The van der Waals surface area contributed by atoms with E-state index >= 15 is 0 Å². The van der Waals surface area contributed by atoms with E-state index in [4.69, 9.17) is 11.2 Å². The van der Waals surface area contributed by atoms with E-state index in [1.807, 2.05) is 0 Å². The van der Waals surface area contributed by atoms with Gasteiger partial charge in [0.25, 0.3) is 0 Å². The van der Waals surface area contributed by atoms with E-state index < -0.39 is 6.10 Å². The van der Waals surface area contributed by atoms with Crippen LogP contribution in [0.4, 0.5) is 0 Å². The summed E-state index contributed by atoms with van der Waals surface area (Å²) in [6.45, 7) is 0.909. The van der Waals surface area contributed by atoms with Crippen molar-refractivity contribution in [1.82, 2.24) is 5.32 Å². The van der Waals surface area contributed by atoms with Crippen LogP contribution in [0.2, 0.25) is 0 Å². The van der Waals surface area contributed by atoms with Gasteiger partial charge < -0.3 is 15.2 Å². The average molecular weight is 239 g/mol. The minimum atomic E-state index is -0.409. The molecule has 17 heavy (non-hydrogen) atoms. The molecule has 0 aromatic carbocycles. The van der Waals surface area contributed by atoms with Gasteiger partial charge in [0, 0.05) is 6.54 Å². The lowest BCUT2D eigenvalue weighted by molar-refractivity contribution is -0.122. The van der Waals surface area contributed by atoms with Crippen molar-refractivity contribution >= 4 is 5.91 Å². The molecule has 0 heterocycles. The SMILES string of the molecule is C#CCOCCC(=O)NCC(O)C1CCCC1. The molecule has 0 bridgehead atoms. The first-order valence-electron chi connectivity index (χ1n) is 6.20. The van der Waals surface area contributed by atoms with Crippen LogP contribution >= 0.6 is 0 Å². The van der Waals surface area contributed by atoms with Crippen molar-refractivity contribution in [3.05, 3.63) is 0 Å². The summed E-state index contributed by atoms with van der Waals surface area (Å²) >= 11 is 0. The molecule has 2 N–H and O–H groups in total. The van der Waals surface area contributed by atoms with Crippen molar-refractivity contribution in [2.24, 2.45) is 5.92 Å². The third-order valence-corrected chi connectivity index (χ3v) is 3.11. The Bertz CT molecular complexity index is 266. The number of carbonyl (C=O) groups excluding carboxylic acids is 1. The topological polar surface area (TPSA) is 58.6 Å². The van der Waals surface area contributed by atoms with E-state index in [0.29, 0.717) is 25.5 Å². The summed E-state index contributed by atoms with van der Waals surface area (Å²) < 4.78 is 5.00. The van der Waals surface area contributed by atoms with Crippen molar-refractivity contribution in [1.29, 1.82) is 0 Å². The van der Waals surface area contributed by atoms with Gasteiger partial charge >= 0.3 is 0 Å². The van der Waals surface area contributed by atoms with Crippen molar-refractivity contribution in [2.75, 3.05) is 19.8 Å². The number of hydrogen-bond donors (Lipinski definition) is 2. The van der Waals surface area contributed by atoms with Gasteiger partial charge in [0.2, 0.25) is 5.91 Å². The molecule has 0 radical (unpaired) electrons. The van der Waals surface area contributed by atoms with Crippen molar-refractivity contribution in [3.8, 4) is 12.3 Å². The molecule has 0 spiro atoms. The maximum Gasteiger partial charge on any atom is 0.222 e. The molecule has 1 unspecified atom stereocenters. The molecular formula is C13H21NO3. The van der Waals surface area contributed by atoms with Gasteiger partial charge in [0.05, 0.1) is 19.1 Å². The van der Waals surface area contributed by atoms with Crippen LogP contribution in [-0.2, 0) is 9.53 Å². The van der Waals surface area contributed by atoms with Crippen molar-refractivity contribution < 1.29 is 14.6 Å². The normalized spacial score (nSPS) is 17.6. The molecule has 0 aromatic rings. The lowest BCUT2D eigenvalue weighted by Gasteiger charge is -2.17. The molecular weight excluding hydrogens is 218 g/mol. The molecule has 0 saturated heterocycles. The fourth-order valence-corrected chi connectivity index (χ4v) is 2.11. The van der Waals surface area contributed by atoms with E-state index in [2.05, 4.69) is 11.2 Å². The number of aliphatic hydroxyl groups excluding tert-OH is 1. The zero-order valence-electron chi connectivity index (χ0n) is 10.2. The van der Waals surface area contributed by atoms with Crippen LogP contribution in [0.15, 0.2) is 0 Å². The van der Waals surface area contributed by atoms with E-state index in [1.54, 1.807) is 0 Å². The highest BCUT2D eigenvalue weighted by molar-refractivity contribution is 5.75. The lowest BCUT2D eigenvalue weighted by Crippen LogP contribution is -2.35. The standard InChI is InChI=1S/C13H21NO3/c1-2-8-17-9-7-13(16)14-10-12(15)11-5-3-4-6-11/h1,11-12,15H,3-10H2,(H,14,16). The Morgan fingerprint density at radius 3 is 2.88 bits per heavy atom. The Labute approximate surface area is 103 Å². The summed E-state index contributed by atoms with van der Waals surface area (Å²) in [5, 5.41) is 12.6. The van der Waals surface area contributed by atoms with Gasteiger partial charge in [-0.25, -0.2) is 0 Å². The summed E-state index contributed by atoms with van der Waals surface area (Å²) in [5.74, 6) is 2.59. The smallest absolute Gasteiger partial charge is 0.222 e. The second-order valence-electron chi connectivity index (χ2n) is 4.42. The number of hydrogen-bond acceptors (Lipinski definition) is 3. The third kappa shape index (κ3) is 5.71. The van der Waals surface area contributed by atoms with Gasteiger partial charge in [-0.2, -0.15) is 0 Å².